The van der Waals surface area contributed by atoms with Gasteiger partial charge >= 0.3 is 0 Å². The van der Waals surface area contributed by atoms with Crippen molar-refractivity contribution < 1.29 is 14.3 Å². The van der Waals surface area contributed by atoms with Gasteiger partial charge in [0.2, 0.25) is 11.8 Å². The molecule has 0 aromatic heterocycles. The molecule has 1 N–H and O–H groups in total. The van der Waals surface area contributed by atoms with E-state index in [0.29, 0.717) is 32.0 Å². The third-order valence-corrected chi connectivity index (χ3v) is 4.45. The number of piperidine rings is 1. The second kappa shape index (κ2) is 8.71. The minimum absolute atomic E-state index is 0.0113. The molecule has 5 nitrogen and oxygen atoms in total. The topological polar surface area (TPSA) is 58.6 Å². The fourth-order valence-electron chi connectivity index (χ4n) is 3.05. The van der Waals surface area contributed by atoms with Gasteiger partial charge in [0.05, 0.1) is 7.11 Å². The third-order valence-electron chi connectivity index (χ3n) is 4.45. The van der Waals surface area contributed by atoms with Gasteiger partial charge in [-0.25, -0.2) is 0 Å². The van der Waals surface area contributed by atoms with Crippen LogP contribution in [-0.2, 0) is 16.1 Å². The van der Waals surface area contributed by atoms with Crippen LogP contribution in [0.1, 0.15) is 38.7 Å². The van der Waals surface area contributed by atoms with Gasteiger partial charge in [0.15, 0.2) is 0 Å². The lowest BCUT2D eigenvalue weighted by Gasteiger charge is -2.31. The highest BCUT2D eigenvalue weighted by Crippen LogP contribution is 2.20. The molecule has 1 heterocycles. The highest BCUT2D eigenvalue weighted by atomic mass is 16.5. The summed E-state index contributed by atoms with van der Waals surface area (Å²) in [5.41, 5.74) is 0.970. The summed E-state index contributed by atoms with van der Waals surface area (Å²) in [5.74, 6) is 1.42. The number of rotatable bonds is 6. The standard InChI is InChI=1S/C19H28N2O3/c1-14(2)12-18(22)21-10-8-15(9-11-21)19(23)20-13-16-6-4-5-7-17(16)24-3/h4-7,14-15H,8-13H2,1-3H3,(H,20,23). The molecule has 0 bridgehead atoms. The number of likely N-dealkylation sites (tertiary alicyclic amines) is 1. The minimum Gasteiger partial charge on any atom is -0.496 e. The monoisotopic (exact) mass is 332 g/mol. The van der Waals surface area contributed by atoms with Crippen LogP contribution >= 0.6 is 0 Å². The van der Waals surface area contributed by atoms with Gasteiger partial charge in [-0.3, -0.25) is 9.59 Å². The average molecular weight is 332 g/mol. The summed E-state index contributed by atoms with van der Waals surface area (Å²) in [6.45, 7) is 5.93. The highest BCUT2D eigenvalue weighted by molar-refractivity contribution is 5.80. The van der Waals surface area contributed by atoms with Crippen molar-refractivity contribution in [3.8, 4) is 5.75 Å². The molecule has 0 unspecified atom stereocenters. The number of hydrogen-bond donors (Lipinski definition) is 1. The van der Waals surface area contributed by atoms with Crippen molar-refractivity contribution in [1.82, 2.24) is 10.2 Å². The number of benzene rings is 1. The van der Waals surface area contributed by atoms with E-state index in [-0.39, 0.29) is 17.7 Å². The molecule has 2 rings (SSSR count). The Morgan fingerprint density at radius 1 is 1.25 bits per heavy atom. The first-order chi connectivity index (χ1) is 11.5. The summed E-state index contributed by atoms with van der Waals surface area (Å²) in [6.07, 6.45) is 2.06. The van der Waals surface area contributed by atoms with Crippen molar-refractivity contribution in [3.63, 3.8) is 0 Å². The van der Waals surface area contributed by atoms with Crippen LogP contribution in [-0.4, -0.2) is 36.9 Å². The lowest BCUT2D eigenvalue weighted by molar-refractivity contribution is -0.136. The first-order valence-corrected chi connectivity index (χ1v) is 8.68. The van der Waals surface area contributed by atoms with Crippen molar-refractivity contribution in [2.45, 2.75) is 39.7 Å². The Bertz CT molecular complexity index is 563. The van der Waals surface area contributed by atoms with Crippen molar-refractivity contribution in [2.75, 3.05) is 20.2 Å². The normalized spacial score (nSPS) is 15.4. The van der Waals surface area contributed by atoms with Crippen LogP contribution < -0.4 is 10.1 Å². The quantitative estimate of drug-likeness (QED) is 0.871. The second-order valence-corrected chi connectivity index (χ2v) is 6.78. The molecular formula is C19H28N2O3. The molecule has 1 aromatic rings. The summed E-state index contributed by atoms with van der Waals surface area (Å²) in [5, 5.41) is 3.00. The maximum Gasteiger partial charge on any atom is 0.223 e. The SMILES string of the molecule is COc1ccccc1CNC(=O)C1CCN(C(=O)CC(C)C)CC1. The summed E-state index contributed by atoms with van der Waals surface area (Å²) >= 11 is 0. The number of amides is 2. The molecular weight excluding hydrogens is 304 g/mol. The van der Waals surface area contributed by atoms with E-state index in [1.807, 2.05) is 29.2 Å². The fourth-order valence-corrected chi connectivity index (χ4v) is 3.05. The molecule has 1 aromatic carbocycles. The van der Waals surface area contributed by atoms with Crippen LogP contribution in [0, 0.1) is 11.8 Å². The Balaban J connectivity index is 1.79. The van der Waals surface area contributed by atoms with Crippen LogP contribution in [0.4, 0.5) is 0 Å². The predicted octanol–water partition coefficient (Wildman–Crippen LogP) is 2.60. The van der Waals surface area contributed by atoms with Crippen molar-refractivity contribution in [3.05, 3.63) is 29.8 Å². The second-order valence-electron chi connectivity index (χ2n) is 6.78. The van der Waals surface area contributed by atoms with Gasteiger partial charge in [-0.2, -0.15) is 0 Å². The van der Waals surface area contributed by atoms with Gasteiger partial charge in [0.25, 0.3) is 0 Å². The van der Waals surface area contributed by atoms with Crippen LogP contribution in [0.2, 0.25) is 0 Å². The Morgan fingerprint density at radius 2 is 1.92 bits per heavy atom. The Kier molecular flexibility index (Phi) is 6.64. The highest BCUT2D eigenvalue weighted by Gasteiger charge is 2.27. The summed E-state index contributed by atoms with van der Waals surface area (Å²) in [6, 6.07) is 7.68. The third kappa shape index (κ3) is 4.98. The van der Waals surface area contributed by atoms with E-state index in [2.05, 4.69) is 19.2 Å². The van der Waals surface area contributed by atoms with E-state index in [1.165, 1.54) is 0 Å². The lowest BCUT2D eigenvalue weighted by atomic mass is 9.95. The van der Waals surface area contributed by atoms with Gasteiger partial charge in [0.1, 0.15) is 5.75 Å². The number of nitrogens with zero attached hydrogens (tertiary/aromatic N) is 1. The van der Waals surface area contributed by atoms with E-state index >= 15 is 0 Å². The number of methoxy groups -OCH3 is 1. The molecule has 1 saturated heterocycles. The molecule has 0 atom stereocenters. The smallest absolute Gasteiger partial charge is 0.223 e. The predicted molar refractivity (Wildman–Crippen MR) is 93.6 cm³/mol. The number of carbonyl (C=O) groups is 2. The van der Waals surface area contributed by atoms with E-state index in [4.69, 9.17) is 4.74 Å². The molecule has 1 fully saturated rings. The lowest BCUT2D eigenvalue weighted by Crippen LogP contribution is -2.43. The Labute approximate surface area is 144 Å². The van der Waals surface area contributed by atoms with Crippen LogP contribution in [0.25, 0.3) is 0 Å². The molecule has 5 heteroatoms. The zero-order valence-electron chi connectivity index (χ0n) is 14.9. The van der Waals surface area contributed by atoms with E-state index in [0.717, 1.165) is 24.2 Å². The van der Waals surface area contributed by atoms with Gasteiger partial charge in [0, 0.05) is 37.5 Å². The van der Waals surface area contributed by atoms with E-state index in [1.54, 1.807) is 7.11 Å². The molecule has 0 aliphatic carbocycles. The maximum atomic E-state index is 12.4. The van der Waals surface area contributed by atoms with Gasteiger partial charge in [-0.05, 0) is 24.8 Å². The number of carbonyl (C=O) groups excluding carboxylic acids is 2. The Morgan fingerprint density at radius 3 is 2.54 bits per heavy atom. The maximum absolute atomic E-state index is 12.4. The fraction of sp³-hybridized carbons (Fsp3) is 0.579. The number of para-hydroxylation sites is 1. The first kappa shape index (κ1) is 18.3. The van der Waals surface area contributed by atoms with Crippen molar-refractivity contribution in [2.24, 2.45) is 11.8 Å². The molecule has 132 valence electrons. The summed E-state index contributed by atoms with van der Waals surface area (Å²) in [4.78, 5) is 26.3. The van der Waals surface area contributed by atoms with Crippen LogP contribution in [0.15, 0.2) is 24.3 Å². The molecule has 0 radical (unpaired) electrons. The first-order valence-electron chi connectivity index (χ1n) is 8.68. The molecule has 0 saturated carbocycles. The zero-order valence-corrected chi connectivity index (χ0v) is 14.9. The van der Waals surface area contributed by atoms with E-state index in [9.17, 15) is 9.59 Å². The van der Waals surface area contributed by atoms with Crippen LogP contribution in [0.3, 0.4) is 0 Å². The largest absolute Gasteiger partial charge is 0.496 e. The van der Waals surface area contributed by atoms with Gasteiger partial charge < -0.3 is 15.0 Å². The van der Waals surface area contributed by atoms with Gasteiger partial charge in [-0.15, -0.1) is 0 Å². The van der Waals surface area contributed by atoms with E-state index < -0.39 is 0 Å². The van der Waals surface area contributed by atoms with Crippen molar-refractivity contribution in [1.29, 1.82) is 0 Å². The van der Waals surface area contributed by atoms with Crippen molar-refractivity contribution >= 4 is 11.8 Å². The minimum atomic E-state index is -0.0113. The number of ether oxygens (including phenoxy) is 1. The molecule has 2 amide bonds. The molecule has 1 aliphatic heterocycles. The average Bonchev–Trinajstić information content (AvgIpc) is 2.59. The zero-order chi connectivity index (χ0) is 17.5. The van der Waals surface area contributed by atoms with Gasteiger partial charge in [-0.1, -0.05) is 32.0 Å². The molecule has 0 spiro atoms. The van der Waals surface area contributed by atoms with Crippen LogP contribution in [0.5, 0.6) is 5.75 Å². The number of nitrogens with one attached hydrogen (secondary N) is 1. The molecule has 24 heavy (non-hydrogen) atoms. The summed E-state index contributed by atoms with van der Waals surface area (Å²) in [7, 11) is 1.63. The summed E-state index contributed by atoms with van der Waals surface area (Å²) < 4.78 is 5.30. The Hall–Kier alpha value is -2.04. The number of hydrogen-bond acceptors (Lipinski definition) is 3. The molecule has 1 aliphatic rings.